The summed E-state index contributed by atoms with van der Waals surface area (Å²) in [5, 5.41) is 0.346. The number of thioether (sulfide) groups is 1. The zero-order valence-corrected chi connectivity index (χ0v) is 13.3. The Balaban J connectivity index is 2.51. The molecule has 0 aliphatic heterocycles. The van der Waals surface area contributed by atoms with Crippen LogP contribution in [-0.2, 0) is 19.1 Å². The van der Waals surface area contributed by atoms with E-state index in [1.807, 2.05) is 10.8 Å². The number of hydrogen-bond donors (Lipinski definition) is 0. The quantitative estimate of drug-likeness (QED) is 0.743. The zero-order chi connectivity index (χ0) is 15.6. The van der Waals surface area contributed by atoms with Gasteiger partial charge in [-0.25, -0.2) is 4.98 Å². The molecule has 0 saturated heterocycles. The Morgan fingerprint density at radius 1 is 1.38 bits per heavy atom. The summed E-state index contributed by atoms with van der Waals surface area (Å²) in [7, 11) is 0. The third-order valence-corrected chi connectivity index (χ3v) is 4.46. The Labute approximate surface area is 130 Å². The highest BCUT2D eigenvalue weighted by atomic mass is 35.5. The SMILES string of the molecule is CSC(C)Cn1c(CCCl)nc2cc(C(F)(F)F)ccc21. The molecule has 0 saturated carbocycles. The number of imidazole rings is 1. The minimum Gasteiger partial charge on any atom is -0.327 e. The molecule has 2 rings (SSSR count). The van der Waals surface area contributed by atoms with Crippen molar-refractivity contribution in [2.24, 2.45) is 0 Å². The number of aromatic nitrogens is 2. The van der Waals surface area contributed by atoms with E-state index in [1.165, 1.54) is 6.07 Å². The first-order chi connectivity index (χ1) is 9.86. The molecule has 0 fully saturated rings. The Bertz CT molecular complexity index is 624. The van der Waals surface area contributed by atoms with E-state index >= 15 is 0 Å². The van der Waals surface area contributed by atoms with E-state index in [0.717, 1.165) is 23.5 Å². The smallest absolute Gasteiger partial charge is 0.327 e. The van der Waals surface area contributed by atoms with Crippen molar-refractivity contribution in [3.8, 4) is 0 Å². The predicted molar refractivity (Wildman–Crippen MR) is 82.1 cm³/mol. The van der Waals surface area contributed by atoms with Crippen LogP contribution in [0.15, 0.2) is 18.2 Å². The van der Waals surface area contributed by atoms with Gasteiger partial charge < -0.3 is 4.57 Å². The average molecular weight is 337 g/mol. The molecule has 1 unspecified atom stereocenters. The molecule has 0 aliphatic carbocycles. The standard InChI is InChI=1S/C14H16ClF3N2S/c1-9(21-2)8-20-12-4-3-10(14(16,17)18)7-11(12)19-13(20)5-6-15/h3-4,7,9H,5-6,8H2,1-2H3. The summed E-state index contributed by atoms with van der Waals surface area (Å²) in [6, 6.07) is 3.71. The molecule has 1 heterocycles. The lowest BCUT2D eigenvalue weighted by Crippen LogP contribution is -2.12. The topological polar surface area (TPSA) is 17.8 Å². The normalized spacial score (nSPS) is 13.8. The Hall–Kier alpha value is -0.880. The summed E-state index contributed by atoms with van der Waals surface area (Å²) in [6.45, 7) is 2.78. The average Bonchev–Trinajstić information content (AvgIpc) is 2.75. The number of aryl methyl sites for hydroxylation is 1. The molecule has 1 aromatic heterocycles. The Morgan fingerprint density at radius 2 is 2.10 bits per heavy atom. The highest BCUT2D eigenvalue weighted by Gasteiger charge is 2.31. The summed E-state index contributed by atoms with van der Waals surface area (Å²) < 4.78 is 40.3. The second-order valence-corrected chi connectivity index (χ2v) is 6.48. The van der Waals surface area contributed by atoms with E-state index in [1.54, 1.807) is 11.8 Å². The van der Waals surface area contributed by atoms with Gasteiger partial charge in [0, 0.05) is 24.1 Å². The van der Waals surface area contributed by atoms with Crippen LogP contribution in [0.25, 0.3) is 11.0 Å². The lowest BCUT2D eigenvalue weighted by atomic mass is 10.2. The maximum Gasteiger partial charge on any atom is 0.416 e. The van der Waals surface area contributed by atoms with Crippen molar-refractivity contribution in [3.63, 3.8) is 0 Å². The van der Waals surface area contributed by atoms with Gasteiger partial charge in [0.2, 0.25) is 0 Å². The number of nitrogens with zero attached hydrogens (tertiary/aromatic N) is 2. The van der Waals surface area contributed by atoms with Gasteiger partial charge >= 0.3 is 6.18 Å². The van der Waals surface area contributed by atoms with Crippen molar-refractivity contribution in [1.29, 1.82) is 0 Å². The molecule has 0 spiro atoms. The van der Waals surface area contributed by atoms with E-state index in [9.17, 15) is 13.2 Å². The van der Waals surface area contributed by atoms with E-state index < -0.39 is 11.7 Å². The van der Waals surface area contributed by atoms with E-state index in [0.29, 0.717) is 29.6 Å². The largest absolute Gasteiger partial charge is 0.416 e. The molecule has 1 aromatic carbocycles. The van der Waals surface area contributed by atoms with Gasteiger partial charge in [-0.1, -0.05) is 6.92 Å². The maximum atomic E-state index is 12.8. The molecule has 21 heavy (non-hydrogen) atoms. The second-order valence-electron chi connectivity index (χ2n) is 4.83. The fourth-order valence-corrected chi connectivity index (χ4v) is 2.63. The summed E-state index contributed by atoms with van der Waals surface area (Å²) in [5.41, 5.74) is 0.428. The monoisotopic (exact) mass is 336 g/mol. The van der Waals surface area contributed by atoms with Crippen molar-refractivity contribution in [1.82, 2.24) is 9.55 Å². The summed E-state index contributed by atoms with van der Waals surface area (Å²) in [5.74, 6) is 1.13. The Kier molecular flexibility index (Phi) is 5.09. The van der Waals surface area contributed by atoms with E-state index in [4.69, 9.17) is 11.6 Å². The molecule has 2 aromatic rings. The molecule has 0 aliphatic rings. The molecule has 7 heteroatoms. The number of alkyl halides is 4. The van der Waals surface area contributed by atoms with Crippen LogP contribution in [0.2, 0.25) is 0 Å². The van der Waals surface area contributed by atoms with Gasteiger partial charge in [0.1, 0.15) is 5.82 Å². The molecular formula is C14H16ClF3N2S. The number of hydrogen-bond acceptors (Lipinski definition) is 2. The minimum atomic E-state index is -4.35. The van der Waals surface area contributed by atoms with Gasteiger partial charge in [-0.2, -0.15) is 24.9 Å². The van der Waals surface area contributed by atoms with Crippen LogP contribution in [-0.4, -0.2) is 26.9 Å². The molecule has 0 N–H and O–H groups in total. The second kappa shape index (κ2) is 6.48. The highest BCUT2D eigenvalue weighted by Crippen LogP contribution is 2.32. The summed E-state index contributed by atoms with van der Waals surface area (Å²) in [4.78, 5) is 4.33. The first-order valence-electron chi connectivity index (χ1n) is 6.52. The number of rotatable bonds is 5. The molecule has 0 amide bonds. The minimum absolute atomic E-state index is 0.346. The fourth-order valence-electron chi connectivity index (χ4n) is 2.17. The zero-order valence-electron chi connectivity index (χ0n) is 11.7. The van der Waals surface area contributed by atoms with Crippen molar-refractivity contribution < 1.29 is 13.2 Å². The first-order valence-corrected chi connectivity index (χ1v) is 8.34. The third kappa shape index (κ3) is 3.66. The lowest BCUT2D eigenvalue weighted by Gasteiger charge is -2.13. The fraction of sp³-hybridized carbons (Fsp3) is 0.500. The van der Waals surface area contributed by atoms with Crippen LogP contribution < -0.4 is 0 Å². The van der Waals surface area contributed by atoms with Gasteiger partial charge in [-0.05, 0) is 24.5 Å². The van der Waals surface area contributed by atoms with Crippen molar-refractivity contribution in [3.05, 3.63) is 29.6 Å². The third-order valence-electron chi connectivity index (χ3n) is 3.31. The molecule has 116 valence electrons. The van der Waals surface area contributed by atoms with Crippen LogP contribution in [0.3, 0.4) is 0 Å². The number of fused-ring (bicyclic) bond motifs is 1. The molecule has 0 radical (unpaired) electrons. The number of benzene rings is 1. The molecular weight excluding hydrogens is 321 g/mol. The van der Waals surface area contributed by atoms with E-state index in [-0.39, 0.29) is 0 Å². The van der Waals surface area contributed by atoms with Crippen LogP contribution in [0.4, 0.5) is 13.2 Å². The Morgan fingerprint density at radius 3 is 2.67 bits per heavy atom. The predicted octanol–water partition coefficient (Wildman–Crippen LogP) is 4.59. The lowest BCUT2D eigenvalue weighted by molar-refractivity contribution is -0.137. The number of halogens is 4. The van der Waals surface area contributed by atoms with Crippen molar-refractivity contribution in [2.75, 3.05) is 12.1 Å². The van der Waals surface area contributed by atoms with Crippen LogP contribution in [0.5, 0.6) is 0 Å². The molecule has 0 bridgehead atoms. The van der Waals surface area contributed by atoms with Gasteiger partial charge in [-0.3, -0.25) is 0 Å². The van der Waals surface area contributed by atoms with Gasteiger partial charge in [0.15, 0.2) is 0 Å². The molecule has 2 nitrogen and oxygen atoms in total. The van der Waals surface area contributed by atoms with E-state index in [2.05, 4.69) is 11.9 Å². The summed E-state index contributed by atoms with van der Waals surface area (Å²) in [6.07, 6.45) is -1.80. The van der Waals surface area contributed by atoms with Crippen LogP contribution >= 0.6 is 23.4 Å². The van der Waals surface area contributed by atoms with Crippen LogP contribution in [0.1, 0.15) is 18.3 Å². The van der Waals surface area contributed by atoms with Gasteiger partial charge in [0.05, 0.1) is 16.6 Å². The first kappa shape index (κ1) is 16.5. The van der Waals surface area contributed by atoms with Gasteiger partial charge in [0.25, 0.3) is 0 Å². The van der Waals surface area contributed by atoms with Crippen molar-refractivity contribution in [2.45, 2.75) is 31.3 Å². The summed E-state index contributed by atoms with van der Waals surface area (Å²) >= 11 is 7.48. The van der Waals surface area contributed by atoms with Crippen molar-refractivity contribution >= 4 is 34.4 Å². The van der Waals surface area contributed by atoms with Gasteiger partial charge in [-0.15, -0.1) is 11.6 Å². The van der Waals surface area contributed by atoms with Crippen LogP contribution in [0, 0.1) is 0 Å². The maximum absolute atomic E-state index is 12.8. The highest BCUT2D eigenvalue weighted by molar-refractivity contribution is 7.99. The molecule has 1 atom stereocenters.